The molecule has 0 N–H and O–H groups in total. The van der Waals surface area contributed by atoms with Gasteiger partial charge in [0.1, 0.15) is 0 Å². The summed E-state index contributed by atoms with van der Waals surface area (Å²) >= 11 is 5.71. The zero-order valence-electron chi connectivity index (χ0n) is 11.2. The summed E-state index contributed by atoms with van der Waals surface area (Å²) in [4.78, 5) is 13.2. The predicted octanol–water partition coefficient (Wildman–Crippen LogP) is 4.15. The lowest BCUT2D eigenvalue weighted by atomic mass is 10.0. The van der Waals surface area contributed by atoms with Crippen molar-refractivity contribution in [3.63, 3.8) is 0 Å². The molecule has 0 heterocycles. The number of nitrogens with zero attached hydrogens (tertiary/aromatic N) is 1. The zero-order valence-corrected chi connectivity index (χ0v) is 11.9. The molecular weight excluding hydrogens is 291 g/mol. The number of rotatable bonds is 5. The van der Waals surface area contributed by atoms with Crippen LogP contribution in [0.4, 0.5) is 13.2 Å². The average molecular weight is 306 g/mol. The standard InChI is InChI=1S/C14H15ClF3NO/c1-3-19(4-2)9-12(13(20)14(16,17)18)10-5-7-11(15)8-6-10/h5-9H,3-4H2,1-2H3/b12-9+. The van der Waals surface area contributed by atoms with Crippen LogP contribution in [0.25, 0.3) is 5.57 Å². The molecule has 0 aliphatic carbocycles. The van der Waals surface area contributed by atoms with Crippen LogP contribution in [0.5, 0.6) is 0 Å². The van der Waals surface area contributed by atoms with Crippen LogP contribution in [0.15, 0.2) is 30.5 Å². The molecule has 2 nitrogen and oxygen atoms in total. The SMILES string of the molecule is CCN(/C=C(/C(=O)C(F)(F)F)c1ccc(Cl)cc1)CC. The third-order valence-corrected chi connectivity index (χ3v) is 3.03. The van der Waals surface area contributed by atoms with Crippen molar-refractivity contribution in [2.45, 2.75) is 20.0 Å². The third-order valence-electron chi connectivity index (χ3n) is 2.78. The van der Waals surface area contributed by atoms with Crippen LogP contribution in [0.3, 0.4) is 0 Å². The van der Waals surface area contributed by atoms with Crippen LogP contribution in [-0.4, -0.2) is 29.9 Å². The molecule has 0 spiro atoms. The normalized spacial score (nSPS) is 12.4. The van der Waals surface area contributed by atoms with Crippen LogP contribution in [0.1, 0.15) is 19.4 Å². The van der Waals surface area contributed by atoms with Gasteiger partial charge in [0.05, 0.1) is 5.57 Å². The first-order valence-corrected chi connectivity index (χ1v) is 6.50. The second-order valence-corrected chi connectivity index (χ2v) is 4.53. The van der Waals surface area contributed by atoms with Gasteiger partial charge >= 0.3 is 6.18 Å². The molecule has 0 radical (unpaired) electrons. The van der Waals surface area contributed by atoms with E-state index in [1.807, 2.05) is 0 Å². The van der Waals surface area contributed by atoms with Gasteiger partial charge in [-0.1, -0.05) is 23.7 Å². The number of hydrogen-bond acceptors (Lipinski definition) is 2. The summed E-state index contributed by atoms with van der Waals surface area (Å²) in [5.41, 5.74) is -0.179. The molecule has 0 bridgehead atoms. The Morgan fingerprint density at radius 2 is 1.70 bits per heavy atom. The number of halogens is 4. The van der Waals surface area contributed by atoms with Gasteiger partial charge in [-0.15, -0.1) is 0 Å². The fraction of sp³-hybridized carbons (Fsp3) is 0.357. The molecule has 1 aromatic carbocycles. The van der Waals surface area contributed by atoms with E-state index in [1.165, 1.54) is 30.5 Å². The molecule has 0 atom stereocenters. The minimum atomic E-state index is -4.90. The summed E-state index contributed by atoms with van der Waals surface area (Å²) in [5, 5.41) is 0.399. The molecule has 6 heteroatoms. The molecule has 0 saturated carbocycles. The quantitative estimate of drug-likeness (QED) is 0.762. The second-order valence-electron chi connectivity index (χ2n) is 4.10. The van der Waals surface area contributed by atoms with Gasteiger partial charge in [-0.05, 0) is 31.5 Å². The van der Waals surface area contributed by atoms with E-state index in [2.05, 4.69) is 0 Å². The van der Waals surface area contributed by atoms with Crippen molar-refractivity contribution in [2.24, 2.45) is 0 Å². The lowest BCUT2D eigenvalue weighted by Gasteiger charge is -2.18. The largest absolute Gasteiger partial charge is 0.454 e. The van der Waals surface area contributed by atoms with Gasteiger partial charge < -0.3 is 4.90 Å². The van der Waals surface area contributed by atoms with Crippen molar-refractivity contribution in [3.8, 4) is 0 Å². The van der Waals surface area contributed by atoms with Gasteiger partial charge in [0.15, 0.2) is 0 Å². The highest BCUT2D eigenvalue weighted by Gasteiger charge is 2.41. The maximum Gasteiger partial charge on any atom is 0.454 e. The molecule has 1 aromatic rings. The highest BCUT2D eigenvalue weighted by molar-refractivity contribution is 6.30. The number of hydrogen-bond donors (Lipinski definition) is 0. The van der Waals surface area contributed by atoms with Crippen LogP contribution in [0, 0.1) is 0 Å². The van der Waals surface area contributed by atoms with E-state index >= 15 is 0 Å². The van der Waals surface area contributed by atoms with E-state index in [-0.39, 0.29) is 11.1 Å². The summed E-state index contributed by atoms with van der Waals surface area (Å²) < 4.78 is 38.1. The number of allylic oxidation sites excluding steroid dienone is 1. The van der Waals surface area contributed by atoms with E-state index in [0.29, 0.717) is 18.1 Å². The van der Waals surface area contributed by atoms with E-state index in [0.717, 1.165) is 0 Å². The first-order chi connectivity index (χ1) is 9.29. The van der Waals surface area contributed by atoms with E-state index in [9.17, 15) is 18.0 Å². The average Bonchev–Trinajstić information content (AvgIpc) is 2.40. The molecule has 0 amide bonds. The lowest BCUT2D eigenvalue weighted by molar-refractivity contribution is -0.164. The molecule has 0 aliphatic rings. The molecule has 0 aromatic heterocycles. The summed E-state index contributed by atoms with van der Waals surface area (Å²) in [7, 11) is 0. The Balaban J connectivity index is 3.27. The highest BCUT2D eigenvalue weighted by Crippen LogP contribution is 2.28. The number of alkyl halides is 3. The Morgan fingerprint density at radius 1 is 1.20 bits per heavy atom. The number of ketones is 1. The summed E-state index contributed by atoms with van der Waals surface area (Å²) in [6.45, 7) is 4.63. The lowest BCUT2D eigenvalue weighted by Crippen LogP contribution is -2.26. The summed E-state index contributed by atoms with van der Waals surface area (Å²) in [6, 6.07) is 5.72. The monoisotopic (exact) mass is 305 g/mol. The van der Waals surface area contributed by atoms with Crippen molar-refractivity contribution in [3.05, 3.63) is 41.1 Å². The first kappa shape index (κ1) is 16.6. The molecular formula is C14H15ClF3NO. The van der Waals surface area contributed by atoms with Gasteiger partial charge in [0, 0.05) is 24.3 Å². The predicted molar refractivity (Wildman–Crippen MR) is 73.4 cm³/mol. The van der Waals surface area contributed by atoms with Gasteiger partial charge in [-0.2, -0.15) is 13.2 Å². The molecule has 20 heavy (non-hydrogen) atoms. The Hall–Kier alpha value is -1.49. The van der Waals surface area contributed by atoms with Crippen LogP contribution in [0.2, 0.25) is 5.02 Å². The van der Waals surface area contributed by atoms with E-state index < -0.39 is 12.0 Å². The van der Waals surface area contributed by atoms with Crippen molar-refractivity contribution in [1.82, 2.24) is 4.90 Å². The topological polar surface area (TPSA) is 20.3 Å². The number of carbonyl (C=O) groups is 1. The number of benzene rings is 1. The maximum atomic E-state index is 12.7. The molecule has 110 valence electrons. The van der Waals surface area contributed by atoms with Gasteiger partial charge in [0.2, 0.25) is 0 Å². The van der Waals surface area contributed by atoms with Crippen molar-refractivity contribution in [2.75, 3.05) is 13.1 Å². The highest BCUT2D eigenvalue weighted by atomic mass is 35.5. The second kappa shape index (κ2) is 6.79. The number of carbonyl (C=O) groups excluding carboxylic acids is 1. The molecule has 1 rings (SSSR count). The fourth-order valence-corrected chi connectivity index (χ4v) is 1.76. The smallest absolute Gasteiger partial charge is 0.377 e. The maximum absolute atomic E-state index is 12.7. The molecule has 0 aliphatic heterocycles. The molecule has 0 saturated heterocycles. The zero-order chi connectivity index (χ0) is 15.3. The first-order valence-electron chi connectivity index (χ1n) is 6.12. The summed E-state index contributed by atoms with van der Waals surface area (Å²) in [6.07, 6.45) is -3.66. The minimum absolute atomic E-state index is 0.198. The van der Waals surface area contributed by atoms with Gasteiger partial charge in [-0.25, -0.2) is 0 Å². The van der Waals surface area contributed by atoms with Crippen molar-refractivity contribution >= 4 is 23.0 Å². The Bertz CT molecular complexity index is 490. The van der Waals surface area contributed by atoms with E-state index in [1.54, 1.807) is 18.7 Å². The van der Waals surface area contributed by atoms with Crippen LogP contribution in [-0.2, 0) is 4.79 Å². The Kier molecular flexibility index (Phi) is 5.62. The molecule has 0 fully saturated rings. The third kappa shape index (κ3) is 4.27. The van der Waals surface area contributed by atoms with Crippen LogP contribution >= 0.6 is 11.6 Å². The van der Waals surface area contributed by atoms with Gasteiger partial charge in [0.25, 0.3) is 5.78 Å². The van der Waals surface area contributed by atoms with Gasteiger partial charge in [-0.3, -0.25) is 4.79 Å². The Morgan fingerprint density at radius 3 is 2.10 bits per heavy atom. The Labute approximate surface area is 120 Å². The fourth-order valence-electron chi connectivity index (χ4n) is 1.64. The summed E-state index contributed by atoms with van der Waals surface area (Å²) in [5.74, 6) is -1.85. The van der Waals surface area contributed by atoms with Crippen LogP contribution < -0.4 is 0 Å². The van der Waals surface area contributed by atoms with E-state index in [4.69, 9.17) is 11.6 Å². The molecule has 0 unspecified atom stereocenters. The minimum Gasteiger partial charge on any atom is -0.377 e. The number of Topliss-reactive ketones (excluding diaryl/α,β-unsaturated/α-hetero) is 1. The van der Waals surface area contributed by atoms with Crippen molar-refractivity contribution < 1.29 is 18.0 Å². The van der Waals surface area contributed by atoms with Crippen molar-refractivity contribution in [1.29, 1.82) is 0 Å².